The average molecular weight is 274 g/mol. The third-order valence-corrected chi connectivity index (χ3v) is 3.76. The normalized spacial score (nSPS) is 11.3. The van der Waals surface area contributed by atoms with Crippen LogP contribution in [-0.4, -0.2) is 19.5 Å². The largest absolute Gasteiger partial charge is 0.278 e. The standard InChI is InChI=1S/C17H14N4/c1-11-3-5-15-13(7-11)14-8-12(2)4-6-16(14)21(15)17-19-9-18-10-20-17/h3-10H,1-2H3. The van der Waals surface area contributed by atoms with Crippen LogP contribution in [-0.2, 0) is 0 Å². The molecule has 0 fully saturated rings. The Morgan fingerprint density at radius 1 is 0.762 bits per heavy atom. The van der Waals surface area contributed by atoms with Gasteiger partial charge in [0.05, 0.1) is 11.0 Å². The lowest BCUT2D eigenvalue weighted by molar-refractivity contribution is 0.939. The molecular formula is C17H14N4. The van der Waals surface area contributed by atoms with Gasteiger partial charge in [0.2, 0.25) is 5.95 Å². The monoisotopic (exact) mass is 274 g/mol. The lowest BCUT2D eigenvalue weighted by Crippen LogP contribution is -2.00. The smallest absolute Gasteiger partial charge is 0.237 e. The zero-order valence-corrected chi connectivity index (χ0v) is 11.9. The van der Waals surface area contributed by atoms with Crippen molar-refractivity contribution in [3.05, 3.63) is 60.2 Å². The van der Waals surface area contributed by atoms with Gasteiger partial charge in [-0.25, -0.2) is 15.0 Å². The molecule has 0 saturated heterocycles. The Morgan fingerprint density at radius 2 is 1.29 bits per heavy atom. The van der Waals surface area contributed by atoms with Crippen molar-refractivity contribution < 1.29 is 0 Å². The van der Waals surface area contributed by atoms with E-state index < -0.39 is 0 Å². The first-order valence-corrected chi connectivity index (χ1v) is 6.88. The second-order valence-corrected chi connectivity index (χ2v) is 5.31. The number of hydrogen-bond acceptors (Lipinski definition) is 3. The van der Waals surface area contributed by atoms with Crippen molar-refractivity contribution in [2.75, 3.05) is 0 Å². The molecule has 0 bridgehead atoms. The van der Waals surface area contributed by atoms with Crippen LogP contribution in [0.15, 0.2) is 49.1 Å². The Morgan fingerprint density at radius 3 is 1.81 bits per heavy atom. The molecule has 2 heterocycles. The first-order valence-electron chi connectivity index (χ1n) is 6.88. The van der Waals surface area contributed by atoms with Gasteiger partial charge < -0.3 is 0 Å². The van der Waals surface area contributed by atoms with Crippen molar-refractivity contribution in [3.8, 4) is 5.95 Å². The van der Waals surface area contributed by atoms with Gasteiger partial charge in [-0.2, -0.15) is 0 Å². The van der Waals surface area contributed by atoms with Gasteiger partial charge in [-0.05, 0) is 38.1 Å². The highest BCUT2D eigenvalue weighted by molar-refractivity contribution is 6.09. The molecule has 0 spiro atoms. The summed E-state index contributed by atoms with van der Waals surface area (Å²) in [6.45, 7) is 4.22. The van der Waals surface area contributed by atoms with Crippen molar-refractivity contribution in [2.24, 2.45) is 0 Å². The van der Waals surface area contributed by atoms with Crippen LogP contribution in [0.2, 0.25) is 0 Å². The van der Waals surface area contributed by atoms with Crippen LogP contribution in [0.4, 0.5) is 0 Å². The second kappa shape index (κ2) is 4.38. The molecule has 21 heavy (non-hydrogen) atoms. The molecule has 4 heteroatoms. The van der Waals surface area contributed by atoms with Crippen molar-refractivity contribution in [1.29, 1.82) is 0 Å². The minimum atomic E-state index is 0.651. The van der Waals surface area contributed by atoms with Gasteiger partial charge in [0, 0.05) is 10.8 Å². The van der Waals surface area contributed by atoms with Crippen molar-refractivity contribution in [3.63, 3.8) is 0 Å². The van der Waals surface area contributed by atoms with E-state index in [1.807, 2.05) is 0 Å². The molecule has 0 amide bonds. The predicted octanol–water partition coefficient (Wildman–Crippen LogP) is 3.59. The molecule has 4 aromatic rings. The van der Waals surface area contributed by atoms with Gasteiger partial charge in [0.25, 0.3) is 0 Å². The van der Waals surface area contributed by atoms with E-state index in [4.69, 9.17) is 0 Å². The summed E-state index contributed by atoms with van der Waals surface area (Å²) in [6, 6.07) is 12.9. The number of aromatic nitrogens is 4. The molecule has 0 radical (unpaired) electrons. The summed E-state index contributed by atoms with van der Waals surface area (Å²) in [5.41, 5.74) is 4.73. The summed E-state index contributed by atoms with van der Waals surface area (Å²) in [7, 11) is 0. The minimum absolute atomic E-state index is 0.651. The number of benzene rings is 2. The third-order valence-electron chi connectivity index (χ3n) is 3.76. The molecule has 4 nitrogen and oxygen atoms in total. The van der Waals surface area contributed by atoms with E-state index in [0.717, 1.165) is 11.0 Å². The Bertz CT molecular complexity index is 896. The highest BCUT2D eigenvalue weighted by atomic mass is 15.2. The van der Waals surface area contributed by atoms with Crippen LogP contribution in [0.3, 0.4) is 0 Å². The number of rotatable bonds is 1. The van der Waals surface area contributed by atoms with Crippen LogP contribution in [0, 0.1) is 13.8 Å². The molecule has 0 saturated carbocycles. The summed E-state index contributed by atoms with van der Waals surface area (Å²) in [4.78, 5) is 12.5. The molecule has 0 unspecified atom stereocenters. The van der Waals surface area contributed by atoms with Gasteiger partial charge in [0.15, 0.2) is 0 Å². The van der Waals surface area contributed by atoms with Crippen LogP contribution in [0.25, 0.3) is 27.8 Å². The summed E-state index contributed by atoms with van der Waals surface area (Å²) in [5, 5.41) is 2.46. The summed E-state index contributed by atoms with van der Waals surface area (Å²) in [6.07, 6.45) is 3.06. The first kappa shape index (κ1) is 12.0. The van der Waals surface area contributed by atoms with Gasteiger partial charge >= 0.3 is 0 Å². The molecule has 0 N–H and O–H groups in total. The van der Waals surface area contributed by atoms with E-state index in [1.165, 1.54) is 34.6 Å². The third kappa shape index (κ3) is 1.80. The highest BCUT2D eigenvalue weighted by Crippen LogP contribution is 2.31. The Labute approximate surface area is 122 Å². The Kier molecular flexibility index (Phi) is 2.51. The molecule has 4 rings (SSSR count). The van der Waals surface area contributed by atoms with Gasteiger partial charge in [-0.3, -0.25) is 4.57 Å². The van der Waals surface area contributed by atoms with Crippen molar-refractivity contribution in [2.45, 2.75) is 13.8 Å². The molecular weight excluding hydrogens is 260 g/mol. The molecule has 0 aliphatic rings. The summed E-state index contributed by atoms with van der Waals surface area (Å²) >= 11 is 0. The van der Waals surface area contributed by atoms with E-state index in [1.54, 1.807) is 0 Å². The summed E-state index contributed by atoms with van der Waals surface area (Å²) < 4.78 is 2.09. The Balaban J connectivity index is 2.22. The molecule has 0 aliphatic heterocycles. The van der Waals surface area contributed by atoms with Gasteiger partial charge in [-0.1, -0.05) is 23.3 Å². The maximum atomic E-state index is 4.31. The van der Waals surface area contributed by atoms with E-state index in [-0.39, 0.29) is 0 Å². The molecule has 0 atom stereocenters. The second-order valence-electron chi connectivity index (χ2n) is 5.31. The SMILES string of the molecule is Cc1ccc2c(c1)c1cc(C)ccc1n2-c1ncncn1. The average Bonchev–Trinajstić information content (AvgIpc) is 2.81. The van der Waals surface area contributed by atoms with Crippen LogP contribution in [0.1, 0.15) is 11.1 Å². The highest BCUT2D eigenvalue weighted by Gasteiger charge is 2.13. The van der Waals surface area contributed by atoms with Crippen LogP contribution < -0.4 is 0 Å². The quantitative estimate of drug-likeness (QED) is 0.533. The molecule has 102 valence electrons. The number of aryl methyl sites for hydroxylation is 2. The fraction of sp³-hybridized carbons (Fsp3) is 0.118. The predicted molar refractivity (Wildman–Crippen MR) is 83.6 cm³/mol. The van der Waals surface area contributed by atoms with E-state index in [2.05, 4.69) is 69.8 Å². The van der Waals surface area contributed by atoms with E-state index >= 15 is 0 Å². The van der Waals surface area contributed by atoms with Crippen molar-refractivity contribution >= 4 is 21.8 Å². The lowest BCUT2D eigenvalue weighted by atomic mass is 10.1. The number of fused-ring (bicyclic) bond motifs is 3. The van der Waals surface area contributed by atoms with Gasteiger partial charge in [0.1, 0.15) is 12.7 Å². The number of nitrogens with zero attached hydrogens (tertiary/aromatic N) is 4. The fourth-order valence-corrected chi connectivity index (χ4v) is 2.82. The minimum Gasteiger partial charge on any atom is -0.278 e. The fourth-order valence-electron chi connectivity index (χ4n) is 2.82. The molecule has 0 aliphatic carbocycles. The zero-order chi connectivity index (χ0) is 14.4. The Hall–Kier alpha value is -2.75. The first-order chi connectivity index (χ1) is 10.2. The van der Waals surface area contributed by atoms with Crippen LogP contribution >= 0.6 is 0 Å². The maximum Gasteiger partial charge on any atom is 0.237 e. The van der Waals surface area contributed by atoms with Crippen LogP contribution in [0.5, 0.6) is 0 Å². The topological polar surface area (TPSA) is 43.6 Å². The zero-order valence-electron chi connectivity index (χ0n) is 11.9. The van der Waals surface area contributed by atoms with E-state index in [0.29, 0.717) is 5.95 Å². The van der Waals surface area contributed by atoms with Gasteiger partial charge in [-0.15, -0.1) is 0 Å². The molecule has 2 aromatic carbocycles. The van der Waals surface area contributed by atoms with Crippen molar-refractivity contribution in [1.82, 2.24) is 19.5 Å². The molecule has 2 aromatic heterocycles. The number of hydrogen-bond donors (Lipinski definition) is 0. The summed E-state index contributed by atoms with van der Waals surface area (Å²) in [5.74, 6) is 0.651. The lowest BCUT2D eigenvalue weighted by Gasteiger charge is -2.04. The maximum absolute atomic E-state index is 4.31. The van der Waals surface area contributed by atoms with E-state index in [9.17, 15) is 0 Å².